The summed E-state index contributed by atoms with van der Waals surface area (Å²) in [6, 6.07) is 5.42. The van der Waals surface area contributed by atoms with E-state index in [2.05, 4.69) is 16.0 Å². The fraction of sp³-hybridized carbons (Fsp3) is 0.526. The summed E-state index contributed by atoms with van der Waals surface area (Å²) in [5.41, 5.74) is 0.769. The fourth-order valence-corrected chi connectivity index (χ4v) is 2.39. The first-order chi connectivity index (χ1) is 12.1. The lowest BCUT2D eigenvalue weighted by molar-refractivity contribution is -0.139. The first kappa shape index (κ1) is 19.8. The molecule has 3 amide bonds. The molecule has 142 valence electrons. The van der Waals surface area contributed by atoms with E-state index in [1.54, 1.807) is 18.2 Å². The predicted octanol–water partition coefficient (Wildman–Crippen LogP) is 2.98. The number of benzene rings is 1. The highest BCUT2D eigenvalue weighted by atomic mass is 16.4. The SMILES string of the molecule is CC(C)(C)CCC(NC(=O)c1cccc(NC(=O)NC2CC2)c1)C(=O)O. The highest BCUT2D eigenvalue weighted by molar-refractivity contribution is 5.98. The molecule has 0 saturated heterocycles. The van der Waals surface area contributed by atoms with E-state index in [0.29, 0.717) is 24.1 Å². The predicted molar refractivity (Wildman–Crippen MR) is 99.2 cm³/mol. The Balaban J connectivity index is 1.97. The van der Waals surface area contributed by atoms with Crippen LogP contribution in [0.25, 0.3) is 0 Å². The zero-order valence-corrected chi connectivity index (χ0v) is 15.5. The van der Waals surface area contributed by atoms with Gasteiger partial charge in [0.05, 0.1) is 0 Å². The van der Waals surface area contributed by atoms with Crippen LogP contribution in [-0.4, -0.2) is 35.1 Å². The molecule has 0 radical (unpaired) electrons. The summed E-state index contributed by atoms with van der Waals surface area (Å²) in [6.07, 6.45) is 3.00. The van der Waals surface area contributed by atoms with Crippen molar-refractivity contribution in [3.63, 3.8) is 0 Å². The number of nitrogens with one attached hydrogen (secondary N) is 3. The van der Waals surface area contributed by atoms with Crippen molar-refractivity contribution >= 4 is 23.6 Å². The molecular formula is C19H27N3O4. The van der Waals surface area contributed by atoms with Gasteiger partial charge in [-0.25, -0.2) is 9.59 Å². The third-order valence-electron chi connectivity index (χ3n) is 4.08. The topological polar surface area (TPSA) is 108 Å². The molecule has 0 heterocycles. The van der Waals surface area contributed by atoms with Crippen molar-refractivity contribution in [1.29, 1.82) is 0 Å². The number of carboxylic acids is 1. The quantitative estimate of drug-likeness (QED) is 0.599. The van der Waals surface area contributed by atoms with Crippen LogP contribution in [0, 0.1) is 5.41 Å². The molecule has 1 fully saturated rings. The van der Waals surface area contributed by atoms with Crippen molar-refractivity contribution in [3.8, 4) is 0 Å². The number of carbonyl (C=O) groups is 3. The van der Waals surface area contributed by atoms with Crippen molar-refractivity contribution in [2.45, 2.75) is 58.5 Å². The molecular weight excluding hydrogens is 334 g/mol. The summed E-state index contributed by atoms with van der Waals surface area (Å²) in [4.78, 5) is 35.6. The van der Waals surface area contributed by atoms with Crippen LogP contribution in [0.3, 0.4) is 0 Å². The van der Waals surface area contributed by atoms with E-state index < -0.39 is 17.9 Å². The Bertz CT molecular complexity index is 678. The Morgan fingerprint density at radius 3 is 2.50 bits per heavy atom. The molecule has 0 aliphatic heterocycles. The van der Waals surface area contributed by atoms with Gasteiger partial charge in [0.25, 0.3) is 5.91 Å². The van der Waals surface area contributed by atoms with E-state index in [0.717, 1.165) is 12.8 Å². The molecule has 0 aromatic heterocycles. The number of rotatable bonds is 7. The summed E-state index contributed by atoms with van der Waals surface area (Å²) in [6.45, 7) is 6.07. The standard InChI is InChI=1S/C19H27N3O4/c1-19(2,3)10-9-15(17(24)25)22-16(23)12-5-4-6-14(11-12)21-18(26)20-13-7-8-13/h4-6,11,13,15H,7-10H2,1-3H3,(H,22,23)(H,24,25)(H2,20,21,26). The lowest BCUT2D eigenvalue weighted by Gasteiger charge is -2.21. The Kier molecular flexibility index (Phi) is 6.23. The maximum Gasteiger partial charge on any atom is 0.326 e. The number of hydrogen-bond acceptors (Lipinski definition) is 3. The molecule has 1 aromatic carbocycles. The average molecular weight is 361 g/mol. The monoisotopic (exact) mass is 361 g/mol. The number of urea groups is 1. The van der Waals surface area contributed by atoms with E-state index in [-0.39, 0.29) is 17.5 Å². The third-order valence-corrected chi connectivity index (χ3v) is 4.08. The first-order valence-corrected chi connectivity index (χ1v) is 8.85. The van der Waals surface area contributed by atoms with Gasteiger partial charge >= 0.3 is 12.0 Å². The van der Waals surface area contributed by atoms with Crippen LogP contribution in [-0.2, 0) is 4.79 Å². The number of carbonyl (C=O) groups excluding carboxylic acids is 2. The van der Waals surface area contributed by atoms with Gasteiger partial charge in [0.1, 0.15) is 6.04 Å². The van der Waals surface area contributed by atoms with Crippen molar-refractivity contribution < 1.29 is 19.5 Å². The molecule has 1 atom stereocenters. The maximum absolute atomic E-state index is 12.4. The van der Waals surface area contributed by atoms with Gasteiger partial charge in [0.15, 0.2) is 0 Å². The minimum absolute atomic E-state index is 0.0167. The number of amides is 3. The second kappa shape index (κ2) is 8.21. The second-order valence-electron chi connectivity index (χ2n) is 7.92. The first-order valence-electron chi connectivity index (χ1n) is 8.85. The van der Waals surface area contributed by atoms with E-state index in [1.807, 2.05) is 20.8 Å². The van der Waals surface area contributed by atoms with Crippen LogP contribution in [0.4, 0.5) is 10.5 Å². The van der Waals surface area contributed by atoms with E-state index in [9.17, 15) is 19.5 Å². The third kappa shape index (κ3) is 6.74. The number of aliphatic carboxylic acids is 1. The molecule has 1 aromatic rings. The highest BCUT2D eigenvalue weighted by Gasteiger charge is 2.24. The lowest BCUT2D eigenvalue weighted by atomic mass is 9.88. The zero-order chi connectivity index (χ0) is 19.3. The Morgan fingerprint density at radius 2 is 1.92 bits per heavy atom. The van der Waals surface area contributed by atoms with Crippen molar-refractivity contribution in [2.75, 3.05) is 5.32 Å². The van der Waals surface area contributed by atoms with Crippen molar-refractivity contribution in [2.24, 2.45) is 5.41 Å². The number of carboxylic acid groups (broad SMARTS) is 1. The Hall–Kier alpha value is -2.57. The number of hydrogen-bond donors (Lipinski definition) is 4. The molecule has 0 bridgehead atoms. The molecule has 1 aliphatic carbocycles. The normalized spacial score (nSPS) is 15.0. The summed E-state index contributed by atoms with van der Waals surface area (Å²) >= 11 is 0. The molecule has 4 N–H and O–H groups in total. The molecule has 2 rings (SSSR count). The minimum atomic E-state index is -1.05. The second-order valence-corrected chi connectivity index (χ2v) is 7.92. The van der Waals surface area contributed by atoms with E-state index >= 15 is 0 Å². The van der Waals surface area contributed by atoms with Crippen LogP contribution in [0.15, 0.2) is 24.3 Å². The fourth-order valence-electron chi connectivity index (χ4n) is 2.39. The van der Waals surface area contributed by atoms with Gasteiger partial charge in [0, 0.05) is 17.3 Å². The maximum atomic E-state index is 12.4. The molecule has 0 spiro atoms. The van der Waals surface area contributed by atoms with Crippen LogP contribution in [0.5, 0.6) is 0 Å². The van der Waals surface area contributed by atoms with E-state index in [1.165, 1.54) is 6.07 Å². The van der Waals surface area contributed by atoms with Crippen molar-refractivity contribution in [3.05, 3.63) is 29.8 Å². The summed E-state index contributed by atoms with van der Waals surface area (Å²) in [7, 11) is 0. The molecule has 1 saturated carbocycles. The summed E-state index contributed by atoms with van der Waals surface area (Å²) < 4.78 is 0. The highest BCUT2D eigenvalue weighted by Crippen LogP contribution is 2.22. The van der Waals surface area contributed by atoms with Gasteiger partial charge in [-0.3, -0.25) is 4.79 Å². The molecule has 1 unspecified atom stereocenters. The van der Waals surface area contributed by atoms with Gasteiger partial charge in [-0.05, 0) is 49.3 Å². The van der Waals surface area contributed by atoms with Crippen LogP contribution >= 0.6 is 0 Å². The smallest absolute Gasteiger partial charge is 0.326 e. The largest absolute Gasteiger partial charge is 0.480 e. The number of anilines is 1. The lowest BCUT2D eigenvalue weighted by Crippen LogP contribution is -2.41. The minimum Gasteiger partial charge on any atom is -0.480 e. The van der Waals surface area contributed by atoms with Crippen molar-refractivity contribution in [1.82, 2.24) is 10.6 Å². The van der Waals surface area contributed by atoms with Gasteiger partial charge in [-0.2, -0.15) is 0 Å². The van der Waals surface area contributed by atoms with Gasteiger partial charge in [-0.15, -0.1) is 0 Å². The van der Waals surface area contributed by atoms with E-state index in [4.69, 9.17) is 0 Å². The van der Waals surface area contributed by atoms with Crippen LogP contribution in [0.1, 0.15) is 56.8 Å². The van der Waals surface area contributed by atoms with Gasteiger partial charge < -0.3 is 21.1 Å². The molecule has 1 aliphatic rings. The molecule has 26 heavy (non-hydrogen) atoms. The Morgan fingerprint density at radius 1 is 1.23 bits per heavy atom. The van der Waals surface area contributed by atoms with Crippen LogP contribution < -0.4 is 16.0 Å². The Labute approximate surface area is 153 Å². The molecule has 7 nitrogen and oxygen atoms in total. The van der Waals surface area contributed by atoms with Gasteiger partial charge in [-0.1, -0.05) is 26.8 Å². The van der Waals surface area contributed by atoms with Gasteiger partial charge in [0.2, 0.25) is 0 Å². The van der Waals surface area contributed by atoms with Crippen LogP contribution in [0.2, 0.25) is 0 Å². The average Bonchev–Trinajstić information content (AvgIpc) is 3.34. The summed E-state index contributed by atoms with van der Waals surface area (Å²) in [5.74, 6) is -1.53. The summed E-state index contributed by atoms with van der Waals surface area (Å²) in [5, 5.41) is 17.4. The zero-order valence-electron chi connectivity index (χ0n) is 15.5. The molecule has 7 heteroatoms.